The van der Waals surface area contributed by atoms with Crippen molar-refractivity contribution in [3.05, 3.63) is 76.4 Å². The molecule has 0 bridgehead atoms. The lowest BCUT2D eigenvalue weighted by molar-refractivity contribution is -0.0355. The van der Waals surface area contributed by atoms with Crippen molar-refractivity contribution in [1.82, 2.24) is 24.5 Å². The molecule has 0 spiro atoms. The molecule has 6 nitrogen and oxygen atoms in total. The number of aliphatic hydroxyl groups is 1. The molecule has 2 aromatic carbocycles. The lowest BCUT2D eigenvalue weighted by Gasteiger charge is -2.35. The summed E-state index contributed by atoms with van der Waals surface area (Å²) in [6.45, 7) is 3.52. The molecule has 0 saturated heterocycles. The van der Waals surface area contributed by atoms with Gasteiger partial charge >= 0.3 is 0 Å². The number of rotatable bonds is 5. The molecule has 0 saturated carbocycles. The van der Waals surface area contributed by atoms with Crippen LogP contribution in [0.4, 0.5) is 8.78 Å². The van der Waals surface area contributed by atoms with Gasteiger partial charge in [-0.05, 0) is 38.1 Å². The zero-order chi connectivity index (χ0) is 20.8. The number of benzene rings is 2. The number of hydrogen-bond acceptors (Lipinski definition) is 4. The Labute approximate surface area is 173 Å². The molecule has 0 fully saturated rings. The fourth-order valence-electron chi connectivity index (χ4n) is 3.61. The molecule has 0 aliphatic rings. The van der Waals surface area contributed by atoms with Crippen molar-refractivity contribution in [2.75, 3.05) is 0 Å². The Morgan fingerprint density at radius 2 is 2.00 bits per heavy atom. The van der Waals surface area contributed by atoms with Crippen molar-refractivity contribution in [2.45, 2.75) is 32.0 Å². The monoisotopic (exact) mass is 461 g/mol. The van der Waals surface area contributed by atoms with Crippen molar-refractivity contribution in [3.8, 4) is 0 Å². The molecular weight excluding hydrogens is 444 g/mol. The predicted molar refractivity (Wildman–Crippen MR) is 107 cm³/mol. The zero-order valence-corrected chi connectivity index (χ0v) is 17.3. The van der Waals surface area contributed by atoms with E-state index in [2.05, 4.69) is 31.1 Å². The molecule has 0 aliphatic heterocycles. The van der Waals surface area contributed by atoms with E-state index in [1.54, 1.807) is 11.6 Å². The third kappa shape index (κ3) is 3.44. The molecule has 29 heavy (non-hydrogen) atoms. The van der Waals surface area contributed by atoms with Crippen LogP contribution in [0.2, 0.25) is 0 Å². The molecule has 2 aromatic heterocycles. The fourth-order valence-corrected chi connectivity index (χ4v) is 3.96. The van der Waals surface area contributed by atoms with Crippen LogP contribution in [0.3, 0.4) is 0 Å². The Hall–Kier alpha value is -2.65. The Kier molecular flexibility index (Phi) is 4.95. The van der Waals surface area contributed by atoms with Crippen LogP contribution in [0, 0.1) is 18.6 Å². The first-order chi connectivity index (χ1) is 13.8. The van der Waals surface area contributed by atoms with Crippen molar-refractivity contribution in [2.24, 2.45) is 0 Å². The lowest BCUT2D eigenvalue weighted by Crippen LogP contribution is -2.41. The third-order valence-electron chi connectivity index (χ3n) is 5.18. The summed E-state index contributed by atoms with van der Waals surface area (Å²) in [6, 6.07) is 8.16. The zero-order valence-electron chi connectivity index (χ0n) is 15.7. The maximum atomic E-state index is 14.8. The molecule has 9 heteroatoms. The first-order valence-electron chi connectivity index (χ1n) is 8.94. The molecule has 4 aromatic rings. The summed E-state index contributed by atoms with van der Waals surface area (Å²) >= 11 is 3.46. The third-order valence-corrected chi connectivity index (χ3v) is 5.67. The van der Waals surface area contributed by atoms with Gasteiger partial charge in [-0.3, -0.25) is 4.68 Å². The van der Waals surface area contributed by atoms with Gasteiger partial charge in [0.2, 0.25) is 0 Å². The second-order valence-electron chi connectivity index (χ2n) is 7.01. The van der Waals surface area contributed by atoms with E-state index in [-0.39, 0.29) is 12.1 Å². The quantitative estimate of drug-likeness (QED) is 0.485. The van der Waals surface area contributed by atoms with E-state index in [0.29, 0.717) is 0 Å². The predicted octanol–water partition coefficient (Wildman–Crippen LogP) is 4.13. The molecule has 0 unspecified atom stereocenters. The smallest absolute Gasteiger partial charge is 0.137 e. The van der Waals surface area contributed by atoms with E-state index in [0.717, 1.165) is 33.2 Å². The molecular formula is C20H18BrF2N5O. The van der Waals surface area contributed by atoms with Crippen LogP contribution in [0.15, 0.2) is 53.5 Å². The van der Waals surface area contributed by atoms with Crippen LogP contribution in [0.25, 0.3) is 10.9 Å². The minimum absolute atomic E-state index is 0.0433. The van der Waals surface area contributed by atoms with Crippen molar-refractivity contribution < 1.29 is 13.9 Å². The number of hydrogen-bond donors (Lipinski definition) is 1. The van der Waals surface area contributed by atoms with E-state index >= 15 is 0 Å². The molecule has 2 atom stereocenters. The molecule has 150 valence electrons. The van der Waals surface area contributed by atoms with E-state index in [1.807, 2.05) is 25.1 Å². The first-order valence-corrected chi connectivity index (χ1v) is 9.73. The minimum atomic E-state index is -1.78. The normalized spacial score (nSPS) is 14.8. The van der Waals surface area contributed by atoms with E-state index in [9.17, 15) is 13.9 Å². The molecule has 0 amide bonds. The summed E-state index contributed by atoms with van der Waals surface area (Å²) in [5, 5.41) is 21.3. The highest BCUT2D eigenvalue weighted by molar-refractivity contribution is 9.10. The highest BCUT2D eigenvalue weighted by atomic mass is 79.9. The maximum absolute atomic E-state index is 14.8. The van der Waals surface area contributed by atoms with E-state index < -0.39 is 23.3 Å². The molecule has 0 radical (unpaired) electrons. The number of halogens is 3. The van der Waals surface area contributed by atoms with Crippen LogP contribution >= 0.6 is 15.9 Å². The van der Waals surface area contributed by atoms with Gasteiger partial charge in [0.1, 0.15) is 29.9 Å². The average Bonchev–Trinajstić information content (AvgIpc) is 3.28. The van der Waals surface area contributed by atoms with Crippen molar-refractivity contribution in [3.63, 3.8) is 0 Å². The Morgan fingerprint density at radius 3 is 2.69 bits per heavy atom. The largest absolute Gasteiger partial charge is 0.381 e. The van der Waals surface area contributed by atoms with Gasteiger partial charge < -0.3 is 5.11 Å². The van der Waals surface area contributed by atoms with Gasteiger partial charge in [-0.2, -0.15) is 10.2 Å². The van der Waals surface area contributed by atoms with Crippen LogP contribution in [-0.2, 0) is 12.1 Å². The number of aromatic nitrogens is 5. The minimum Gasteiger partial charge on any atom is -0.381 e. The SMILES string of the molecule is Cc1nn([C@H](C)[C@](O)(Cn2cncn2)c2ccc(F)cc2F)c2cc(Br)ccc12. The number of fused-ring (bicyclic) bond motifs is 1. The van der Waals surface area contributed by atoms with Gasteiger partial charge in [-0.15, -0.1) is 0 Å². The topological polar surface area (TPSA) is 68.8 Å². The Bertz CT molecular complexity index is 1180. The first kappa shape index (κ1) is 19.7. The standard InChI is InChI=1S/C20H18BrF2N5O/c1-12-16-5-3-14(21)7-19(16)28(26-12)13(2)20(29,9-27-11-24-10-25-27)17-6-4-15(22)8-18(17)23/h3-8,10-11,13,29H,9H2,1-2H3/t13-,20-/m1/s1. The molecule has 2 heterocycles. The van der Waals surface area contributed by atoms with Crippen molar-refractivity contribution >= 4 is 26.8 Å². The summed E-state index contributed by atoms with van der Waals surface area (Å²) in [5.41, 5.74) is -0.261. The summed E-state index contributed by atoms with van der Waals surface area (Å²) < 4.78 is 32.2. The highest BCUT2D eigenvalue weighted by Gasteiger charge is 2.41. The molecule has 4 rings (SSSR count). The lowest BCUT2D eigenvalue weighted by atomic mass is 9.86. The van der Waals surface area contributed by atoms with Gasteiger partial charge in [-0.25, -0.2) is 18.4 Å². The van der Waals surface area contributed by atoms with Gasteiger partial charge in [0, 0.05) is 21.5 Å². The molecule has 0 aliphatic carbocycles. The van der Waals surface area contributed by atoms with Crippen LogP contribution < -0.4 is 0 Å². The van der Waals surface area contributed by atoms with E-state index in [4.69, 9.17) is 0 Å². The summed E-state index contributed by atoms with van der Waals surface area (Å²) in [4.78, 5) is 3.89. The van der Waals surface area contributed by atoms with Crippen molar-refractivity contribution in [1.29, 1.82) is 0 Å². The second kappa shape index (κ2) is 7.31. The number of aryl methyl sites for hydroxylation is 1. The maximum Gasteiger partial charge on any atom is 0.137 e. The van der Waals surface area contributed by atoms with Gasteiger partial charge in [0.25, 0.3) is 0 Å². The summed E-state index contributed by atoms with van der Waals surface area (Å²) in [6.07, 6.45) is 2.76. The Balaban J connectivity index is 1.90. The average molecular weight is 462 g/mol. The van der Waals surface area contributed by atoms with Crippen LogP contribution in [0.1, 0.15) is 24.2 Å². The summed E-state index contributed by atoms with van der Waals surface area (Å²) in [7, 11) is 0. The number of nitrogens with zero attached hydrogens (tertiary/aromatic N) is 5. The van der Waals surface area contributed by atoms with Crippen LogP contribution in [0.5, 0.6) is 0 Å². The van der Waals surface area contributed by atoms with Crippen LogP contribution in [-0.4, -0.2) is 29.7 Å². The second-order valence-corrected chi connectivity index (χ2v) is 7.92. The van der Waals surface area contributed by atoms with Gasteiger partial charge in [-0.1, -0.05) is 22.0 Å². The molecule has 1 N–H and O–H groups in total. The highest BCUT2D eigenvalue weighted by Crippen LogP contribution is 2.38. The summed E-state index contributed by atoms with van der Waals surface area (Å²) in [5.74, 6) is -1.56. The van der Waals surface area contributed by atoms with E-state index in [1.165, 1.54) is 23.4 Å². The Morgan fingerprint density at radius 1 is 1.21 bits per heavy atom. The van der Waals surface area contributed by atoms with Gasteiger partial charge in [0.15, 0.2) is 0 Å². The van der Waals surface area contributed by atoms with Gasteiger partial charge in [0.05, 0.1) is 23.8 Å². The fraction of sp³-hybridized carbons (Fsp3) is 0.250.